The summed E-state index contributed by atoms with van der Waals surface area (Å²) in [6, 6.07) is 7.24. The van der Waals surface area contributed by atoms with Crippen LogP contribution in [0.2, 0.25) is 5.02 Å². The highest BCUT2D eigenvalue weighted by atomic mass is 35.5. The molecule has 8 heteroatoms. The molecule has 2 fully saturated rings. The first-order valence-electron chi connectivity index (χ1n) is 8.91. The molecule has 1 unspecified atom stereocenters. The van der Waals surface area contributed by atoms with E-state index in [9.17, 15) is 9.59 Å². The molecule has 144 valence electrons. The normalized spacial score (nSPS) is 20.7. The van der Waals surface area contributed by atoms with Gasteiger partial charge >= 0.3 is 0 Å². The number of piperazine rings is 1. The molecule has 1 atom stereocenters. The Kier molecular flexibility index (Phi) is 8.15. The van der Waals surface area contributed by atoms with E-state index in [1.165, 1.54) is 0 Å². The van der Waals surface area contributed by atoms with Crippen LogP contribution < -0.4 is 15.5 Å². The Balaban J connectivity index is 0.00000243. The van der Waals surface area contributed by atoms with E-state index >= 15 is 0 Å². The number of halogens is 2. The van der Waals surface area contributed by atoms with Crippen molar-refractivity contribution in [1.29, 1.82) is 0 Å². The third kappa shape index (κ3) is 5.33. The summed E-state index contributed by atoms with van der Waals surface area (Å²) in [5.74, 6) is -0.389. The van der Waals surface area contributed by atoms with Gasteiger partial charge in [-0.15, -0.1) is 12.4 Å². The average molecular weight is 401 g/mol. The number of nitrogens with zero attached hydrogens (tertiary/aromatic N) is 2. The van der Waals surface area contributed by atoms with Crippen LogP contribution in [0.5, 0.6) is 0 Å². The first-order chi connectivity index (χ1) is 12.1. The van der Waals surface area contributed by atoms with Gasteiger partial charge in [-0.25, -0.2) is 0 Å². The summed E-state index contributed by atoms with van der Waals surface area (Å²) in [5.41, 5.74) is 0.683. The van der Waals surface area contributed by atoms with Crippen molar-refractivity contribution >= 4 is 41.5 Å². The third-order valence-electron chi connectivity index (χ3n) is 4.80. The summed E-state index contributed by atoms with van der Waals surface area (Å²) in [6.07, 6.45) is 1.18. The molecule has 0 saturated carbocycles. The quantitative estimate of drug-likeness (QED) is 0.710. The maximum absolute atomic E-state index is 12.4. The van der Waals surface area contributed by atoms with Gasteiger partial charge in [-0.3, -0.25) is 9.59 Å². The average Bonchev–Trinajstić information content (AvgIpc) is 3.01. The van der Waals surface area contributed by atoms with Crippen molar-refractivity contribution in [3.05, 3.63) is 29.3 Å². The largest absolute Gasteiger partial charge is 0.356 e. The Hall–Kier alpha value is -1.34. The van der Waals surface area contributed by atoms with Crippen molar-refractivity contribution in [2.75, 3.05) is 50.7 Å². The Morgan fingerprint density at radius 1 is 1.27 bits per heavy atom. The highest BCUT2D eigenvalue weighted by Crippen LogP contribution is 2.30. The molecule has 0 aliphatic carbocycles. The predicted octanol–water partition coefficient (Wildman–Crippen LogP) is 1.53. The lowest BCUT2D eigenvalue weighted by molar-refractivity contribution is -0.126. The fourth-order valence-corrected chi connectivity index (χ4v) is 3.62. The van der Waals surface area contributed by atoms with Gasteiger partial charge in [0.05, 0.1) is 16.6 Å². The minimum atomic E-state index is -0.303. The summed E-state index contributed by atoms with van der Waals surface area (Å²) < 4.78 is 0. The van der Waals surface area contributed by atoms with Crippen LogP contribution in [-0.2, 0) is 9.59 Å². The second-order valence-corrected chi connectivity index (χ2v) is 7.00. The predicted molar refractivity (Wildman–Crippen MR) is 106 cm³/mol. The standard InChI is InChI=1S/C18H25ClN4O2.ClH/c19-15-4-1-2-5-16(15)23-13-14(12-17(23)24)18(25)21-6-3-9-22-10-7-20-8-11-22;/h1-2,4-5,14,20H,3,6-13H2,(H,21,25);1H. The molecule has 1 aromatic rings. The molecule has 2 heterocycles. The lowest BCUT2D eigenvalue weighted by Gasteiger charge is -2.27. The number of carbonyl (C=O) groups excluding carboxylic acids is 2. The first kappa shape index (κ1) is 21.0. The van der Waals surface area contributed by atoms with Gasteiger partial charge in [0.2, 0.25) is 11.8 Å². The second kappa shape index (κ2) is 10.1. The Morgan fingerprint density at radius 2 is 2.00 bits per heavy atom. The van der Waals surface area contributed by atoms with Crippen LogP contribution in [0.4, 0.5) is 5.69 Å². The van der Waals surface area contributed by atoms with Crippen LogP contribution in [0.25, 0.3) is 0 Å². The van der Waals surface area contributed by atoms with Crippen molar-refractivity contribution in [3.8, 4) is 0 Å². The number of anilines is 1. The zero-order valence-corrected chi connectivity index (χ0v) is 16.3. The number of hydrogen-bond donors (Lipinski definition) is 2. The summed E-state index contributed by atoms with van der Waals surface area (Å²) in [6.45, 7) is 6.25. The highest BCUT2D eigenvalue weighted by Gasteiger charge is 2.35. The van der Waals surface area contributed by atoms with Gasteiger partial charge in [-0.05, 0) is 25.1 Å². The third-order valence-corrected chi connectivity index (χ3v) is 5.12. The van der Waals surface area contributed by atoms with Gasteiger partial charge in [0.25, 0.3) is 0 Å². The molecule has 2 saturated heterocycles. The van der Waals surface area contributed by atoms with E-state index in [1.807, 2.05) is 18.2 Å². The molecule has 0 spiro atoms. The summed E-state index contributed by atoms with van der Waals surface area (Å²) in [7, 11) is 0. The molecular formula is C18H26Cl2N4O2. The molecule has 2 amide bonds. The number of para-hydroxylation sites is 1. The van der Waals surface area contributed by atoms with Crippen molar-refractivity contribution in [2.45, 2.75) is 12.8 Å². The molecule has 1 aromatic carbocycles. The molecule has 2 aliphatic heterocycles. The molecule has 26 heavy (non-hydrogen) atoms. The molecular weight excluding hydrogens is 375 g/mol. The second-order valence-electron chi connectivity index (χ2n) is 6.59. The van der Waals surface area contributed by atoms with Crippen molar-refractivity contribution < 1.29 is 9.59 Å². The minimum Gasteiger partial charge on any atom is -0.356 e. The molecule has 0 radical (unpaired) electrons. The summed E-state index contributed by atoms with van der Waals surface area (Å²) >= 11 is 6.17. The minimum absolute atomic E-state index is 0. The zero-order valence-electron chi connectivity index (χ0n) is 14.7. The first-order valence-corrected chi connectivity index (χ1v) is 9.28. The topological polar surface area (TPSA) is 64.7 Å². The monoisotopic (exact) mass is 400 g/mol. The van der Waals surface area contributed by atoms with Gasteiger partial charge in [-0.2, -0.15) is 0 Å². The van der Waals surface area contributed by atoms with Crippen LogP contribution in [-0.4, -0.2) is 62.5 Å². The van der Waals surface area contributed by atoms with E-state index in [0.717, 1.165) is 39.1 Å². The Labute approximate surface area is 165 Å². The van der Waals surface area contributed by atoms with Crippen molar-refractivity contribution in [1.82, 2.24) is 15.5 Å². The van der Waals surface area contributed by atoms with E-state index < -0.39 is 0 Å². The number of hydrogen-bond acceptors (Lipinski definition) is 4. The van der Waals surface area contributed by atoms with Crippen LogP contribution in [0.3, 0.4) is 0 Å². The number of rotatable bonds is 6. The molecule has 2 N–H and O–H groups in total. The van der Waals surface area contributed by atoms with E-state index in [4.69, 9.17) is 11.6 Å². The number of benzene rings is 1. The van der Waals surface area contributed by atoms with Gasteiger partial charge in [-0.1, -0.05) is 23.7 Å². The molecule has 0 bridgehead atoms. The highest BCUT2D eigenvalue weighted by molar-refractivity contribution is 6.33. The number of amides is 2. The van der Waals surface area contributed by atoms with Crippen LogP contribution in [0.1, 0.15) is 12.8 Å². The molecule has 0 aromatic heterocycles. The van der Waals surface area contributed by atoms with Crippen molar-refractivity contribution in [2.24, 2.45) is 5.92 Å². The van der Waals surface area contributed by atoms with Gasteiger partial charge in [0, 0.05) is 45.7 Å². The maximum Gasteiger partial charge on any atom is 0.227 e. The van der Waals surface area contributed by atoms with E-state index in [1.54, 1.807) is 11.0 Å². The lowest BCUT2D eigenvalue weighted by Crippen LogP contribution is -2.44. The molecule has 3 rings (SSSR count). The fraction of sp³-hybridized carbons (Fsp3) is 0.556. The Morgan fingerprint density at radius 3 is 2.73 bits per heavy atom. The van der Waals surface area contributed by atoms with E-state index in [2.05, 4.69) is 15.5 Å². The van der Waals surface area contributed by atoms with E-state index in [0.29, 0.717) is 23.8 Å². The van der Waals surface area contributed by atoms with E-state index in [-0.39, 0.29) is 36.6 Å². The smallest absolute Gasteiger partial charge is 0.227 e. The number of nitrogens with one attached hydrogen (secondary N) is 2. The van der Waals surface area contributed by atoms with Gasteiger partial charge < -0.3 is 20.4 Å². The maximum atomic E-state index is 12.4. The van der Waals surface area contributed by atoms with Gasteiger partial charge in [0.1, 0.15) is 0 Å². The zero-order chi connectivity index (χ0) is 17.6. The van der Waals surface area contributed by atoms with Crippen LogP contribution >= 0.6 is 24.0 Å². The molecule has 2 aliphatic rings. The van der Waals surface area contributed by atoms with Crippen molar-refractivity contribution in [3.63, 3.8) is 0 Å². The van der Waals surface area contributed by atoms with Crippen LogP contribution in [0.15, 0.2) is 24.3 Å². The van der Waals surface area contributed by atoms with Gasteiger partial charge in [0.15, 0.2) is 0 Å². The number of carbonyl (C=O) groups is 2. The SMILES string of the molecule is Cl.O=C(NCCCN1CCNCC1)C1CC(=O)N(c2ccccc2Cl)C1. The van der Waals surface area contributed by atoms with Crippen LogP contribution in [0, 0.1) is 5.92 Å². The summed E-state index contributed by atoms with van der Waals surface area (Å²) in [4.78, 5) is 28.6. The molecule has 6 nitrogen and oxygen atoms in total. The summed E-state index contributed by atoms with van der Waals surface area (Å²) in [5, 5.41) is 6.84. The lowest BCUT2D eigenvalue weighted by atomic mass is 10.1. The Bertz CT molecular complexity index is 623. The fourth-order valence-electron chi connectivity index (χ4n) is 3.38.